The van der Waals surface area contributed by atoms with Crippen molar-refractivity contribution >= 4 is 11.6 Å². The largest absolute Gasteiger partial charge is 0.506 e. The summed E-state index contributed by atoms with van der Waals surface area (Å²) in [6, 6.07) is 8.13. The van der Waals surface area contributed by atoms with E-state index in [0.717, 1.165) is 0 Å². The van der Waals surface area contributed by atoms with E-state index in [1.165, 1.54) is 18.2 Å². The molecule has 4 nitrogen and oxygen atoms in total. The van der Waals surface area contributed by atoms with Crippen LogP contribution in [0.2, 0.25) is 5.02 Å². The van der Waals surface area contributed by atoms with E-state index in [0.29, 0.717) is 10.8 Å². The third kappa shape index (κ3) is 1.83. The molecule has 2 aromatic rings. The lowest BCUT2D eigenvalue weighted by Gasteiger charge is -2.16. The van der Waals surface area contributed by atoms with Crippen LogP contribution >= 0.6 is 11.6 Å². The first-order valence-electron chi connectivity index (χ1n) is 5.51. The zero-order chi connectivity index (χ0) is 13.6. The normalized spacial score (nSPS) is 18.2. The highest BCUT2D eigenvalue weighted by Gasteiger charge is 2.37. The van der Waals surface area contributed by atoms with Gasteiger partial charge in [-0.1, -0.05) is 29.8 Å². The zero-order valence-electron chi connectivity index (χ0n) is 9.55. The zero-order valence-corrected chi connectivity index (χ0v) is 10.3. The standard InChI is InChI=1S/C13H9ClFNO3/c14-11-10(17)6-5-8-12(16(18)19-13(8)11)7-3-1-2-4-9(7)15/h1-6,12,17-18H. The van der Waals surface area contributed by atoms with Gasteiger partial charge in [-0.2, -0.15) is 0 Å². The smallest absolute Gasteiger partial charge is 0.178 e. The van der Waals surface area contributed by atoms with Crippen LogP contribution in [0.25, 0.3) is 0 Å². The van der Waals surface area contributed by atoms with Gasteiger partial charge in [0.15, 0.2) is 5.75 Å². The van der Waals surface area contributed by atoms with E-state index in [1.807, 2.05) is 0 Å². The molecule has 3 rings (SSSR count). The van der Waals surface area contributed by atoms with E-state index in [1.54, 1.807) is 18.2 Å². The number of hydroxylamine groups is 2. The van der Waals surface area contributed by atoms with Crippen molar-refractivity contribution in [1.29, 1.82) is 0 Å². The molecule has 1 unspecified atom stereocenters. The molecule has 2 N–H and O–H groups in total. The molecule has 2 aromatic carbocycles. The highest BCUT2D eigenvalue weighted by Crippen LogP contribution is 2.47. The van der Waals surface area contributed by atoms with Crippen molar-refractivity contribution in [2.45, 2.75) is 6.04 Å². The van der Waals surface area contributed by atoms with Gasteiger partial charge in [-0.15, -0.1) is 0 Å². The third-order valence-corrected chi connectivity index (χ3v) is 3.37. The molecule has 0 spiro atoms. The van der Waals surface area contributed by atoms with Crippen molar-refractivity contribution in [1.82, 2.24) is 5.23 Å². The van der Waals surface area contributed by atoms with Gasteiger partial charge in [-0.3, -0.25) is 5.21 Å². The van der Waals surface area contributed by atoms with Crippen LogP contribution in [-0.4, -0.2) is 15.5 Å². The Hall–Kier alpha value is -1.82. The number of hydrogen-bond acceptors (Lipinski definition) is 4. The first kappa shape index (κ1) is 12.2. The van der Waals surface area contributed by atoms with E-state index < -0.39 is 11.9 Å². The minimum Gasteiger partial charge on any atom is -0.506 e. The molecule has 0 saturated heterocycles. The molecule has 0 aromatic heterocycles. The Morgan fingerprint density at radius 1 is 1.16 bits per heavy atom. The number of fused-ring (bicyclic) bond motifs is 1. The molecular formula is C13H9ClFNO3. The molecule has 98 valence electrons. The van der Waals surface area contributed by atoms with Crippen molar-refractivity contribution in [2.24, 2.45) is 0 Å². The van der Waals surface area contributed by atoms with Gasteiger partial charge >= 0.3 is 0 Å². The summed E-state index contributed by atoms with van der Waals surface area (Å²) in [6.07, 6.45) is 0. The maximum atomic E-state index is 13.8. The summed E-state index contributed by atoms with van der Waals surface area (Å²) < 4.78 is 13.8. The van der Waals surface area contributed by atoms with Crippen LogP contribution in [0.5, 0.6) is 11.5 Å². The fourth-order valence-corrected chi connectivity index (χ4v) is 2.32. The lowest BCUT2D eigenvalue weighted by Crippen LogP contribution is -2.23. The fraction of sp³-hybridized carbons (Fsp3) is 0.0769. The Morgan fingerprint density at radius 2 is 1.89 bits per heavy atom. The summed E-state index contributed by atoms with van der Waals surface area (Å²) in [4.78, 5) is 5.07. The van der Waals surface area contributed by atoms with Gasteiger partial charge in [0.2, 0.25) is 0 Å². The molecule has 0 fully saturated rings. The Labute approximate surface area is 113 Å². The number of rotatable bonds is 1. The summed E-state index contributed by atoms with van der Waals surface area (Å²) in [6.45, 7) is 0. The first-order valence-corrected chi connectivity index (χ1v) is 5.89. The molecular weight excluding hydrogens is 273 g/mol. The molecule has 1 heterocycles. The van der Waals surface area contributed by atoms with Gasteiger partial charge in [0.25, 0.3) is 0 Å². The van der Waals surface area contributed by atoms with Crippen molar-refractivity contribution in [3.8, 4) is 11.5 Å². The van der Waals surface area contributed by atoms with Gasteiger partial charge in [-0.25, -0.2) is 4.39 Å². The van der Waals surface area contributed by atoms with Crippen LogP contribution in [0.4, 0.5) is 4.39 Å². The van der Waals surface area contributed by atoms with Crippen LogP contribution in [0.1, 0.15) is 17.2 Å². The predicted octanol–water partition coefficient (Wildman–Crippen LogP) is 3.27. The predicted molar refractivity (Wildman–Crippen MR) is 65.6 cm³/mol. The SMILES string of the molecule is Oc1ccc2c(c1Cl)ON(O)C2c1ccccc1F. The summed E-state index contributed by atoms with van der Waals surface area (Å²) in [5.41, 5.74) is 0.737. The number of benzene rings is 2. The second-order valence-electron chi connectivity index (χ2n) is 4.13. The fourth-order valence-electron chi connectivity index (χ4n) is 2.12. The van der Waals surface area contributed by atoms with Crippen LogP contribution in [0, 0.1) is 5.82 Å². The molecule has 0 bridgehead atoms. The molecule has 6 heteroatoms. The van der Waals surface area contributed by atoms with Crippen LogP contribution in [0.3, 0.4) is 0 Å². The van der Waals surface area contributed by atoms with Gasteiger partial charge in [0, 0.05) is 11.1 Å². The number of halogens is 2. The van der Waals surface area contributed by atoms with Crippen LogP contribution in [0.15, 0.2) is 36.4 Å². The lowest BCUT2D eigenvalue weighted by atomic mass is 9.98. The summed E-state index contributed by atoms with van der Waals surface area (Å²) in [5, 5.41) is 19.8. The number of aromatic hydroxyl groups is 1. The maximum Gasteiger partial charge on any atom is 0.178 e. The number of phenols is 1. The second-order valence-corrected chi connectivity index (χ2v) is 4.51. The van der Waals surface area contributed by atoms with Crippen molar-refractivity contribution in [2.75, 3.05) is 0 Å². The minimum absolute atomic E-state index is 0.0182. The monoisotopic (exact) mass is 281 g/mol. The Bertz CT molecular complexity index is 650. The number of phenolic OH excluding ortho intramolecular Hbond substituents is 1. The van der Waals surface area contributed by atoms with E-state index in [-0.39, 0.29) is 22.1 Å². The Kier molecular flexibility index (Phi) is 2.82. The highest BCUT2D eigenvalue weighted by molar-refractivity contribution is 6.33. The minimum atomic E-state index is -0.825. The lowest BCUT2D eigenvalue weighted by molar-refractivity contribution is -0.287. The molecule has 1 aliphatic heterocycles. The quantitative estimate of drug-likeness (QED) is 0.842. The molecule has 19 heavy (non-hydrogen) atoms. The van der Waals surface area contributed by atoms with E-state index in [9.17, 15) is 14.7 Å². The summed E-state index contributed by atoms with van der Waals surface area (Å²) in [7, 11) is 0. The molecule has 0 radical (unpaired) electrons. The van der Waals surface area contributed by atoms with Crippen molar-refractivity contribution in [3.63, 3.8) is 0 Å². The number of nitrogens with zero attached hydrogens (tertiary/aromatic N) is 1. The van der Waals surface area contributed by atoms with Gasteiger partial charge in [0.1, 0.15) is 22.6 Å². The molecule has 1 atom stereocenters. The molecule has 0 saturated carbocycles. The Balaban J connectivity index is 2.17. The molecule has 1 aliphatic rings. The van der Waals surface area contributed by atoms with Crippen molar-refractivity contribution < 1.29 is 19.5 Å². The van der Waals surface area contributed by atoms with Crippen molar-refractivity contribution in [3.05, 3.63) is 58.4 Å². The summed E-state index contributed by atoms with van der Waals surface area (Å²) in [5.74, 6) is -0.507. The van der Waals surface area contributed by atoms with Crippen LogP contribution in [-0.2, 0) is 0 Å². The molecule has 0 aliphatic carbocycles. The van der Waals surface area contributed by atoms with E-state index in [4.69, 9.17) is 16.4 Å². The average molecular weight is 282 g/mol. The topological polar surface area (TPSA) is 52.9 Å². The van der Waals surface area contributed by atoms with Gasteiger partial charge < -0.3 is 9.94 Å². The summed E-state index contributed by atoms with van der Waals surface area (Å²) >= 11 is 5.89. The Morgan fingerprint density at radius 3 is 2.63 bits per heavy atom. The highest BCUT2D eigenvalue weighted by atomic mass is 35.5. The van der Waals surface area contributed by atoms with E-state index >= 15 is 0 Å². The maximum absolute atomic E-state index is 13.8. The second kappa shape index (κ2) is 4.38. The van der Waals surface area contributed by atoms with Crippen LogP contribution < -0.4 is 4.84 Å². The van der Waals surface area contributed by atoms with E-state index in [2.05, 4.69) is 0 Å². The third-order valence-electron chi connectivity index (χ3n) is 3.01. The van der Waals surface area contributed by atoms with Gasteiger partial charge in [0.05, 0.1) is 0 Å². The first-order chi connectivity index (χ1) is 9.09. The number of hydrogen-bond donors (Lipinski definition) is 2. The average Bonchev–Trinajstić information content (AvgIpc) is 2.72. The van der Waals surface area contributed by atoms with Gasteiger partial charge in [-0.05, 0) is 23.4 Å². The molecule has 0 amide bonds.